The third-order valence-electron chi connectivity index (χ3n) is 4.06. The lowest BCUT2D eigenvalue weighted by molar-refractivity contribution is -0.118. The quantitative estimate of drug-likeness (QED) is 0.598. The number of nitrogens with two attached hydrogens (primary N) is 1. The summed E-state index contributed by atoms with van der Waals surface area (Å²) in [6, 6.07) is 4.71. The van der Waals surface area contributed by atoms with Crippen LogP contribution in [0.1, 0.15) is 31.3 Å². The highest BCUT2D eigenvalue weighted by Crippen LogP contribution is 2.31. The summed E-state index contributed by atoms with van der Waals surface area (Å²) >= 11 is 0. The van der Waals surface area contributed by atoms with Crippen molar-refractivity contribution in [1.29, 1.82) is 0 Å². The largest absolute Gasteiger partial charge is 0.493 e. The summed E-state index contributed by atoms with van der Waals surface area (Å²) < 4.78 is 10.5. The Morgan fingerprint density at radius 2 is 1.82 bits per heavy atom. The number of methoxy groups -OCH3 is 2. The minimum atomic E-state index is -0.728. The highest BCUT2D eigenvalue weighted by atomic mass is 16.5. The monoisotopic (exact) mass is 387 g/mol. The van der Waals surface area contributed by atoms with Crippen molar-refractivity contribution >= 4 is 29.0 Å². The molecule has 1 unspecified atom stereocenters. The molecule has 1 aromatic carbocycles. The van der Waals surface area contributed by atoms with Gasteiger partial charge in [-0.3, -0.25) is 9.59 Å². The van der Waals surface area contributed by atoms with E-state index in [1.165, 1.54) is 27.3 Å². The van der Waals surface area contributed by atoms with E-state index in [0.717, 1.165) is 0 Å². The second-order valence-electron chi connectivity index (χ2n) is 6.49. The van der Waals surface area contributed by atoms with Gasteiger partial charge >= 0.3 is 0 Å². The fourth-order valence-electron chi connectivity index (χ4n) is 2.67. The predicted molar refractivity (Wildman–Crippen MR) is 106 cm³/mol. The highest BCUT2D eigenvalue weighted by Gasteiger charge is 2.20. The van der Waals surface area contributed by atoms with E-state index >= 15 is 0 Å². The molecule has 0 radical (unpaired) electrons. The summed E-state index contributed by atoms with van der Waals surface area (Å²) in [5.41, 5.74) is 5.99. The van der Waals surface area contributed by atoms with E-state index in [-0.39, 0.29) is 23.2 Å². The van der Waals surface area contributed by atoms with Crippen LogP contribution in [-0.4, -0.2) is 41.9 Å². The Morgan fingerprint density at radius 1 is 1.14 bits per heavy atom. The number of primary amides is 1. The van der Waals surface area contributed by atoms with Crippen molar-refractivity contribution in [1.82, 2.24) is 9.97 Å². The van der Waals surface area contributed by atoms with Gasteiger partial charge in [-0.15, -0.1) is 0 Å². The molecular weight excluding hydrogens is 362 g/mol. The van der Waals surface area contributed by atoms with Crippen LogP contribution in [0.15, 0.2) is 24.4 Å². The van der Waals surface area contributed by atoms with E-state index in [4.69, 9.17) is 15.2 Å². The lowest BCUT2D eigenvalue weighted by Crippen LogP contribution is -2.33. The van der Waals surface area contributed by atoms with Gasteiger partial charge in [0.1, 0.15) is 5.82 Å². The Morgan fingerprint density at radius 3 is 2.36 bits per heavy atom. The van der Waals surface area contributed by atoms with Crippen molar-refractivity contribution in [2.75, 3.05) is 24.9 Å². The van der Waals surface area contributed by atoms with Gasteiger partial charge in [0.05, 0.1) is 26.5 Å². The summed E-state index contributed by atoms with van der Waals surface area (Å²) in [7, 11) is 3.06. The fraction of sp³-hybridized carbons (Fsp3) is 0.368. The number of Topliss-reactive ketones (excluding diaryl/α,β-unsaturated/α-hetero) is 1. The van der Waals surface area contributed by atoms with Gasteiger partial charge < -0.3 is 25.8 Å². The molecule has 150 valence electrons. The number of aromatic nitrogens is 2. The normalized spacial score (nSPS) is 11.6. The first-order valence-electron chi connectivity index (χ1n) is 8.69. The van der Waals surface area contributed by atoms with E-state index in [0.29, 0.717) is 23.0 Å². The highest BCUT2D eigenvalue weighted by molar-refractivity contribution is 5.96. The maximum absolute atomic E-state index is 11.8. The molecule has 0 saturated carbocycles. The van der Waals surface area contributed by atoms with E-state index in [1.54, 1.807) is 18.2 Å². The summed E-state index contributed by atoms with van der Waals surface area (Å²) in [6.45, 7) is 5.35. The molecule has 9 nitrogen and oxygen atoms in total. The molecule has 2 rings (SSSR count). The Balaban J connectivity index is 2.39. The van der Waals surface area contributed by atoms with Crippen LogP contribution in [-0.2, 0) is 4.79 Å². The molecule has 0 fully saturated rings. The van der Waals surface area contributed by atoms with Crippen molar-refractivity contribution in [2.45, 2.75) is 26.8 Å². The number of ether oxygens (including phenoxy) is 2. The van der Waals surface area contributed by atoms with Gasteiger partial charge in [0.25, 0.3) is 5.91 Å². The number of nitrogens with one attached hydrogen (secondary N) is 2. The van der Waals surface area contributed by atoms with Gasteiger partial charge in [0.2, 0.25) is 0 Å². The van der Waals surface area contributed by atoms with E-state index in [2.05, 4.69) is 20.6 Å². The molecular formula is C19H25N5O4. The molecule has 28 heavy (non-hydrogen) atoms. The van der Waals surface area contributed by atoms with Crippen LogP contribution in [0, 0.1) is 5.92 Å². The molecule has 1 heterocycles. The zero-order valence-corrected chi connectivity index (χ0v) is 16.6. The van der Waals surface area contributed by atoms with Crippen molar-refractivity contribution in [3.05, 3.63) is 30.1 Å². The molecule has 0 aliphatic rings. The van der Waals surface area contributed by atoms with Gasteiger partial charge in [-0.05, 0) is 25.0 Å². The lowest BCUT2D eigenvalue weighted by atomic mass is 10.0. The topological polar surface area (TPSA) is 128 Å². The van der Waals surface area contributed by atoms with Crippen LogP contribution in [0.4, 0.5) is 17.3 Å². The van der Waals surface area contributed by atoms with Gasteiger partial charge in [0.15, 0.2) is 28.8 Å². The van der Waals surface area contributed by atoms with E-state index in [9.17, 15) is 9.59 Å². The van der Waals surface area contributed by atoms with Crippen molar-refractivity contribution in [3.8, 4) is 11.5 Å². The first-order chi connectivity index (χ1) is 13.3. The van der Waals surface area contributed by atoms with Gasteiger partial charge in [-0.25, -0.2) is 9.97 Å². The SMILES string of the molecule is COc1ccc(Nc2nc(NC(C(C)=O)C(C)C)cnc2C(N)=O)cc1OC. The summed E-state index contributed by atoms with van der Waals surface area (Å²) in [5, 5.41) is 6.07. The second-order valence-corrected chi connectivity index (χ2v) is 6.49. The van der Waals surface area contributed by atoms with Crippen LogP contribution in [0.2, 0.25) is 0 Å². The van der Waals surface area contributed by atoms with Gasteiger partial charge in [-0.2, -0.15) is 0 Å². The zero-order valence-electron chi connectivity index (χ0n) is 16.6. The average molecular weight is 387 g/mol. The molecule has 0 aliphatic heterocycles. The summed E-state index contributed by atoms with van der Waals surface area (Å²) in [4.78, 5) is 32.1. The van der Waals surface area contributed by atoms with Crippen molar-refractivity contribution in [3.63, 3.8) is 0 Å². The van der Waals surface area contributed by atoms with Crippen LogP contribution in [0.25, 0.3) is 0 Å². The number of benzene rings is 1. The molecule has 0 spiro atoms. The second kappa shape index (κ2) is 9.03. The lowest BCUT2D eigenvalue weighted by Gasteiger charge is -2.20. The molecule has 0 saturated heterocycles. The molecule has 0 aliphatic carbocycles. The van der Waals surface area contributed by atoms with E-state index < -0.39 is 11.9 Å². The Labute approximate surface area is 163 Å². The number of nitrogens with zero attached hydrogens (tertiary/aromatic N) is 2. The fourth-order valence-corrected chi connectivity index (χ4v) is 2.67. The Kier molecular flexibility index (Phi) is 6.75. The smallest absolute Gasteiger partial charge is 0.271 e. The molecule has 1 atom stereocenters. The zero-order chi connectivity index (χ0) is 20.8. The number of hydrogen-bond donors (Lipinski definition) is 3. The number of amides is 1. The third kappa shape index (κ3) is 4.87. The number of hydrogen-bond acceptors (Lipinski definition) is 8. The molecule has 1 amide bonds. The number of carbonyl (C=O) groups excluding carboxylic acids is 2. The van der Waals surface area contributed by atoms with Crippen LogP contribution in [0.5, 0.6) is 11.5 Å². The summed E-state index contributed by atoms with van der Waals surface area (Å²) in [5.74, 6) is 0.881. The molecule has 9 heteroatoms. The van der Waals surface area contributed by atoms with Crippen LogP contribution < -0.4 is 25.8 Å². The molecule has 0 bridgehead atoms. The molecule has 4 N–H and O–H groups in total. The number of rotatable bonds is 9. The minimum Gasteiger partial charge on any atom is -0.493 e. The maximum atomic E-state index is 11.8. The predicted octanol–water partition coefficient (Wildman–Crippen LogP) is 2.36. The minimum absolute atomic E-state index is 0.0230. The number of carbonyl (C=O) groups is 2. The van der Waals surface area contributed by atoms with E-state index in [1.807, 2.05) is 13.8 Å². The average Bonchev–Trinajstić information content (AvgIpc) is 2.65. The van der Waals surface area contributed by atoms with Gasteiger partial charge in [-0.1, -0.05) is 13.8 Å². The Hall–Kier alpha value is -3.36. The van der Waals surface area contributed by atoms with Crippen LogP contribution >= 0.6 is 0 Å². The maximum Gasteiger partial charge on any atom is 0.271 e. The van der Waals surface area contributed by atoms with Gasteiger partial charge in [0, 0.05) is 11.8 Å². The first kappa shape index (κ1) is 20.9. The van der Waals surface area contributed by atoms with Crippen LogP contribution in [0.3, 0.4) is 0 Å². The first-order valence-corrected chi connectivity index (χ1v) is 8.69. The summed E-state index contributed by atoms with van der Waals surface area (Å²) in [6.07, 6.45) is 1.37. The number of anilines is 3. The van der Waals surface area contributed by atoms with Crippen molar-refractivity contribution in [2.24, 2.45) is 11.7 Å². The molecule has 1 aromatic heterocycles. The molecule has 2 aromatic rings. The standard InChI is InChI=1S/C19H25N5O4/c1-10(2)16(11(3)25)23-15-9-21-17(18(20)26)19(24-15)22-12-6-7-13(27-4)14(8-12)28-5/h6-10,16H,1-5H3,(H2,20,26)(H2,22,23,24). The Bertz CT molecular complexity index is 869. The third-order valence-corrected chi connectivity index (χ3v) is 4.06. The number of ketones is 1. The van der Waals surface area contributed by atoms with Crippen molar-refractivity contribution < 1.29 is 19.1 Å².